The molecule has 1 aliphatic heterocycles. The van der Waals surface area contributed by atoms with Crippen LogP contribution in [0.2, 0.25) is 5.02 Å². The van der Waals surface area contributed by atoms with Gasteiger partial charge in [-0.05, 0) is 32.0 Å². The summed E-state index contributed by atoms with van der Waals surface area (Å²) in [5.41, 5.74) is 0.318. The molecule has 0 aromatic heterocycles. The van der Waals surface area contributed by atoms with E-state index in [0.29, 0.717) is 10.6 Å². The third-order valence-electron chi connectivity index (χ3n) is 3.35. The van der Waals surface area contributed by atoms with Gasteiger partial charge in [0.25, 0.3) is 0 Å². The van der Waals surface area contributed by atoms with Crippen LogP contribution in [0.1, 0.15) is 18.9 Å². The van der Waals surface area contributed by atoms with Gasteiger partial charge in [-0.3, -0.25) is 4.79 Å². The highest BCUT2D eigenvalue weighted by Gasteiger charge is 2.29. The van der Waals surface area contributed by atoms with Crippen molar-refractivity contribution in [1.29, 1.82) is 0 Å². The van der Waals surface area contributed by atoms with Gasteiger partial charge >= 0.3 is 0 Å². The Morgan fingerprint density at radius 3 is 2.94 bits per heavy atom. The molecule has 2 nitrogen and oxygen atoms in total. The van der Waals surface area contributed by atoms with Gasteiger partial charge in [0.15, 0.2) is 0 Å². The van der Waals surface area contributed by atoms with Crippen LogP contribution in [0.15, 0.2) is 18.2 Å². The molecule has 1 aromatic rings. The number of ketones is 1. The van der Waals surface area contributed by atoms with Crippen LogP contribution in [0.25, 0.3) is 0 Å². The fourth-order valence-electron chi connectivity index (χ4n) is 2.31. The summed E-state index contributed by atoms with van der Waals surface area (Å²) >= 11 is 5.91. The molecular formula is C13H15ClFNO. The molecule has 0 saturated carbocycles. The Labute approximate surface area is 105 Å². The number of hydrogen-bond donors (Lipinski definition) is 1. The molecule has 1 aromatic carbocycles. The normalized spacial score (nSPS) is 23.9. The highest BCUT2D eigenvalue weighted by Crippen LogP contribution is 2.23. The quantitative estimate of drug-likeness (QED) is 0.900. The average Bonchev–Trinajstić information content (AvgIpc) is 2.70. The van der Waals surface area contributed by atoms with Gasteiger partial charge < -0.3 is 5.32 Å². The van der Waals surface area contributed by atoms with Gasteiger partial charge in [0, 0.05) is 29.0 Å². The van der Waals surface area contributed by atoms with Crippen molar-refractivity contribution in [2.75, 3.05) is 6.54 Å². The molecule has 1 heterocycles. The molecule has 17 heavy (non-hydrogen) atoms. The molecule has 92 valence electrons. The topological polar surface area (TPSA) is 29.1 Å². The molecular weight excluding hydrogens is 241 g/mol. The van der Waals surface area contributed by atoms with Crippen molar-refractivity contribution in [2.45, 2.75) is 25.8 Å². The first-order valence-corrected chi connectivity index (χ1v) is 6.16. The standard InChI is InChI=1S/C13H15ClFNO/c1-8-9(5-6-16-8)13(17)7-10-11(14)3-2-4-12(10)15/h2-4,8-9,16H,5-7H2,1H3. The van der Waals surface area contributed by atoms with Crippen LogP contribution in [0.4, 0.5) is 4.39 Å². The minimum Gasteiger partial charge on any atom is -0.314 e. The van der Waals surface area contributed by atoms with E-state index < -0.39 is 5.82 Å². The second-order valence-electron chi connectivity index (χ2n) is 4.48. The molecule has 0 aliphatic carbocycles. The van der Waals surface area contributed by atoms with E-state index >= 15 is 0 Å². The van der Waals surface area contributed by atoms with Crippen LogP contribution in [0.5, 0.6) is 0 Å². The van der Waals surface area contributed by atoms with Crippen molar-refractivity contribution in [3.05, 3.63) is 34.6 Å². The van der Waals surface area contributed by atoms with Gasteiger partial charge in [0.05, 0.1) is 0 Å². The van der Waals surface area contributed by atoms with Gasteiger partial charge in [-0.25, -0.2) is 4.39 Å². The maximum atomic E-state index is 13.5. The molecule has 1 fully saturated rings. The lowest BCUT2D eigenvalue weighted by molar-refractivity contribution is -0.122. The second-order valence-corrected chi connectivity index (χ2v) is 4.89. The van der Waals surface area contributed by atoms with E-state index in [4.69, 9.17) is 11.6 Å². The van der Waals surface area contributed by atoms with Gasteiger partial charge in [0.1, 0.15) is 11.6 Å². The Morgan fingerprint density at radius 1 is 1.59 bits per heavy atom. The van der Waals surface area contributed by atoms with Crippen LogP contribution >= 0.6 is 11.6 Å². The molecule has 1 aliphatic rings. The predicted molar refractivity (Wildman–Crippen MR) is 65.7 cm³/mol. The maximum Gasteiger partial charge on any atom is 0.142 e. The molecule has 0 amide bonds. The summed E-state index contributed by atoms with van der Waals surface area (Å²) < 4.78 is 13.5. The van der Waals surface area contributed by atoms with Gasteiger partial charge in [-0.15, -0.1) is 0 Å². The number of hydrogen-bond acceptors (Lipinski definition) is 2. The lowest BCUT2D eigenvalue weighted by atomic mass is 9.92. The van der Waals surface area contributed by atoms with Crippen molar-refractivity contribution < 1.29 is 9.18 Å². The molecule has 0 radical (unpaired) electrons. The van der Waals surface area contributed by atoms with E-state index in [9.17, 15) is 9.18 Å². The lowest BCUT2D eigenvalue weighted by Gasteiger charge is -2.14. The van der Waals surface area contributed by atoms with Crippen LogP contribution in [0.3, 0.4) is 0 Å². The van der Waals surface area contributed by atoms with E-state index in [0.717, 1.165) is 13.0 Å². The van der Waals surface area contributed by atoms with Crippen molar-refractivity contribution in [3.8, 4) is 0 Å². The van der Waals surface area contributed by atoms with E-state index in [1.807, 2.05) is 6.92 Å². The minimum absolute atomic E-state index is 0.0225. The molecule has 4 heteroatoms. The van der Waals surface area contributed by atoms with Crippen molar-refractivity contribution >= 4 is 17.4 Å². The largest absolute Gasteiger partial charge is 0.314 e. The number of Topliss-reactive ketones (excluding diaryl/α,β-unsaturated/α-hetero) is 1. The Morgan fingerprint density at radius 2 is 2.35 bits per heavy atom. The molecule has 0 bridgehead atoms. The zero-order valence-corrected chi connectivity index (χ0v) is 10.4. The van der Waals surface area contributed by atoms with Gasteiger partial charge in [0.2, 0.25) is 0 Å². The number of carbonyl (C=O) groups excluding carboxylic acids is 1. The zero-order valence-electron chi connectivity index (χ0n) is 9.67. The van der Waals surface area contributed by atoms with Crippen LogP contribution in [-0.4, -0.2) is 18.4 Å². The summed E-state index contributed by atoms with van der Waals surface area (Å²) in [7, 11) is 0. The van der Waals surface area contributed by atoms with Crippen molar-refractivity contribution in [3.63, 3.8) is 0 Å². The Hall–Kier alpha value is -0.930. The first-order valence-electron chi connectivity index (χ1n) is 5.78. The fourth-order valence-corrected chi connectivity index (χ4v) is 2.53. The third kappa shape index (κ3) is 2.67. The first-order chi connectivity index (χ1) is 8.09. The monoisotopic (exact) mass is 255 g/mol. The van der Waals surface area contributed by atoms with E-state index in [2.05, 4.69) is 5.32 Å². The Bertz CT molecular complexity index is 415. The lowest BCUT2D eigenvalue weighted by Crippen LogP contribution is -2.29. The number of nitrogens with one attached hydrogen (secondary N) is 1. The van der Waals surface area contributed by atoms with E-state index in [1.54, 1.807) is 12.1 Å². The van der Waals surface area contributed by atoms with Gasteiger partial charge in [-0.1, -0.05) is 17.7 Å². The predicted octanol–water partition coefficient (Wildman–Crippen LogP) is 2.59. The maximum absolute atomic E-state index is 13.5. The van der Waals surface area contributed by atoms with E-state index in [1.165, 1.54) is 6.07 Å². The molecule has 2 atom stereocenters. The summed E-state index contributed by atoms with van der Waals surface area (Å²) in [6.45, 7) is 2.83. The molecule has 2 unspecified atom stereocenters. The summed E-state index contributed by atoms with van der Waals surface area (Å²) in [4.78, 5) is 12.1. The highest BCUT2D eigenvalue weighted by molar-refractivity contribution is 6.31. The summed E-state index contributed by atoms with van der Waals surface area (Å²) in [6.07, 6.45) is 0.911. The van der Waals surface area contributed by atoms with Crippen molar-refractivity contribution in [1.82, 2.24) is 5.32 Å². The van der Waals surface area contributed by atoms with E-state index in [-0.39, 0.29) is 24.2 Å². The Balaban J connectivity index is 2.13. The first kappa shape index (κ1) is 12.5. The van der Waals surface area contributed by atoms with Gasteiger partial charge in [-0.2, -0.15) is 0 Å². The molecule has 2 rings (SSSR count). The number of rotatable bonds is 3. The molecule has 1 N–H and O–H groups in total. The highest BCUT2D eigenvalue weighted by atomic mass is 35.5. The second kappa shape index (κ2) is 5.15. The van der Waals surface area contributed by atoms with Crippen molar-refractivity contribution in [2.24, 2.45) is 5.92 Å². The summed E-state index contributed by atoms with van der Waals surface area (Å²) in [6, 6.07) is 4.67. The minimum atomic E-state index is -0.399. The summed E-state index contributed by atoms with van der Waals surface area (Å²) in [5.74, 6) is -0.357. The molecule has 1 saturated heterocycles. The summed E-state index contributed by atoms with van der Waals surface area (Å²) in [5, 5.41) is 3.55. The van der Waals surface area contributed by atoms with Crippen LogP contribution in [-0.2, 0) is 11.2 Å². The average molecular weight is 256 g/mol. The van der Waals surface area contributed by atoms with Crippen LogP contribution in [0, 0.1) is 11.7 Å². The molecule has 0 spiro atoms. The number of carbonyl (C=O) groups is 1. The van der Waals surface area contributed by atoms with Crippen LogP contribution < -0.4 is 5.32 Å². The smallest absolute Gasteiger partial charge is 0.142 e. The SMILES string of the molecule is CC1NCCC1C(=O)Cc1c(F)cccc1Cl. The Kier molecular flexibility index (Phi) is 3.79. The zero-order chi connectivity index (χ0) is 12.4. The number of benzene rings is 1. The number of halogens is 2. The third-order valence-corrected chi connectivity index (χ3v) is 3.71. The fraction of sp³-hybridized carbons (Fsp3) is 0.462.